The highest BCUT2D eigenvalue weighted by atomic mass is 16.3. The van der Waals surface area contributed by atoms with Crippen LogP contribution in [-0.2, 0) is 0 Å². The topological polar surface area (TPSA) is 40.5 Å². The summed E-state index contributed by atoms with van der Waals surface area (Å²) in [5.41, 5.74) is 4.43. The van der Waals surface area contributed by atoms with Crippen LogP contribution in [0.4, 0.5) is 0 Å². The molecule has 108 valence electrons. The van der Waals surface area contributed by atoms with E-state index >= 15 is 0 Å². The van der Waals surface area contributed by atoms with E-state index in [4.69, 9.17) is 0 Å². The zero-order chi connectivity index (χ0) is 14.4. The predicted molar refractivity (Wildman–Crippen MR) is 83.8 cm³/mol. The van der Waals surface area contributed by atoms with E-state index in [2.05, 4.69) is 12.1 Å². The highest BCUT2D eigenvalue weighted by Crippen LogP contribution is 2.46. The normalized spacial score (nSPS) is 18.5. The highest BCUT2D eigenvalue weighted by molar-refractivity contribution is 5.68. The molecule has 0 bridgehead atoms. The second-order valence-electron chi connectivity index (χ2n) is 6.45. The summed E-state index contributed by atoms with van der Waals surface area (Å²) in [7, 11) is 0. The lowest BCUT2D eigenvalue weighted by atomic mass is 9.79. The molecule has 0 unspecified atom stereocenters. The Morgan fingerprint density at radius 1 is 0.667 bits per heavy atom. The van der Waals surface area contributed by atoms with E-state index in [1.165, 1.54) is 32.1 Å². The molecule has 2 nitrogen and oxygen atoms in total. The third-order valence-electron chi connectivity index (χ3n) is 4.95. The van der Waals surface area contributed by atoms with E-state index in [-0.39, 0.29) is 0 Å². The summed E-state index contributed by atoms with van der Waals surface area (Å²) >= 11 is 0. The molecule has 4 rings (SSSR count). The van der Waals surface area contributed by atoms with Crippen molar-refractivity contribution < 1.29 is 10.2 Å². The summed E-state index contributed by atoms with van der Waals surface area (Å²) in [6.07, 6.45) is 5.99. The van der Waals surface area contributed by atoms with Crippen LogP contribution in [0.3, 0.4) is 0 Å². The zero-order valence-electron chi connectivity index (χ0n) is 12.0. The van der Waals surface area contributed by atoms with Crippen molar-refractivity contribution in [1.82, 2.24) is 0 Å². The van der Waals surface area contributed by atoms with Gasteiger partial charge in [-0.1, -0.05) is 18.6 Å². The summed E-state index contributed by atoms with van der Waals surface area (Å²) in [4.78, 5) is 0. The minimum Gasteiger partial charge on any atom is -0.508 e. The van der Waals surface area contributed by atoms with Crippen molar-refractivity contribution in [3.63, 3.8) is 0 Å². The van der Waals surface area contributed by atoms with E-state index < -0.39 is 0 Å². The molecular weight excluding hydrogens is 260 g/mol. The predicted octanol–water partition coefficient (Wildman–Crippen LogP) is 4.91. The van der Waals surface area contributed by atoms with E-state index in [1.807, 2.05) is 18.2 Å². The Balaban J connectivity index is 1.74. The van der Waals surface area contributed by atoms with Crippen LogP contribution >= 0.6 is 0 Å². The lowest BCUT2D eigenvalue weighted by Crippen LogP contribution is -2.08. The number of benzene rings is 2. The molecule has 2 heteroatoms. The van der Waals surface area contributed by atoms with Gasteiger partial charge >= 0.3 is 0 Å². The van der Waals surface area contributed by atoms with Crippen molar-refractivity contribution in [2.24, 2.45) is 0 Å². The molecule has 0 spiro atoms. The molecule has 0 atom stereocenters. The van der Waals surface area contributed by atoms with E-state index in [9.17, 15) is 10.2 Å². The number of hydrogen-bond donors (Lipinski definition) is 2. The van der Waals surface area contributed by atoms with Gasteiger partial charge < -0.3 is 10.2 Å². The first kappa shape index (κ1) is 12.8. The summed E-state index contributed by atoms with van der Waals surface area (Å²) in [5, 5.41) is 20.1. The Morgan fingerprint density at radius 3 is 1.52 bits per heavy atom. The van der Waals surface area contributed by atoms with Crippen LogP contribution in [0.15, 0.2) is 36.4 Å². The molecule has 2 saturated carbocycles. The van der Waals surface area contributed by atoms with Crippen LogP contribution in [-0.4, -0.2) is 10.2 Å². The van der Waals surface area contributed by atoms with E-state index in [0.717, 1.165) is 22.3 Å². The van der Waals surface area contributed by atoms with Crippen LogP contribution in [0, 0.1) is 0 Å². The van der Waals surface area contributed by atoms with Crippen molar-refractivity contribution in [2.45, 2.75) is 43.9 Å². The Morgan fingerprint density at radius 2 is 1.14 bits per heavy atom. The second kappa shape index (κ2) is 4.80. The Bertz CT molecular complexity index is 682. The van der Waals surface area contributed by atoms with Crippen molar-refractivity contribution in [3.8, 4) is 22.6 Å². The van der Waals surface area contributed by atoms with Gasteiger partial charge in [-0.2, -0.15) is 0 Å². The molecular formula is C19H20O2. The fourth-order valence-electron chi connectivity index (χ4n) is 3.24. The van der Waals surface area contributed by atoms with Gasteiger partial charge in [0.1, 0.15) is 11.5 Å². The lowest BCUT2D eigenvalue weighted by Gasteiger charge is -2.27. The SMILES string of the molecule is Oc1ccc(-c2ccc(O)c(C3CC3)c2)cc1C1CCC1. The number of rotatable bonds is 3. The number of aromatic hydroxyl groups is 2. The van der Waals surface area contributed by atoms with Crippen molar-refractivity contribution in [3.05, 3.63) is 47.5 Å². The quantitative estimate of drug-likeness (QED) is 0.838. The molecule has 0 amide bonds. The number of hydrogen-bond acceptors (Lipinski definition) is 2. The van der Waals surface area contributed by atoms with Crippen LogP contribution in [0.2, 0.25) is 0 Å². The summed E-state index contributed by atoms with van der Waals surface area (Å²) in [6.45, 7) is 0. The molecule has 0 aromatic heterocycles. The number of phenolic OH excluding ortho intramolecular Hbond substituents is 2. The Hall–Kier alpha value is -1.96. The molecule has 0 aliphatic heterocycles. The van der Waals surface area contributed by atoms with Gasteiger partial charge in [-0.05, 0) is 84.0 Å². The maximum Gasteiger partial charge on any atom is 0.119 e. The van der Waals surface area contributed by atoms with Crippen LogP contribution in [0.5, 0.6) is 11.5 Å². The molecule has 2 aromatic rings. The third kappa shape index (κ3) is 2.29. The maximum atomic E-state index is 10.1. The Labute approximate surface area is 125 Å². The molecule has 2 aliphatic rings. The first-order chi connectivity index (χ1) is 10.2. The average molecular weight is 280 g/mol. The van der Waals surface area contributed by atoms with E-state index in [0.29, 0.717) is 23.3 Å². The minimum absolute atomic E-state index is 0.416. The van der Waals surface area contributed by atoms with Gasteiger partial charge in [0, 0.05) is 0 Å². The molecule has 21 heavy (non-hydrogen) atoms. The molecule has 2 N–H and O–H groups in total. The second-order valence-corrected chi connectivity index (χ2v) is 6.45. The monoisotopic (exact) mass is 280 g/mol. The molecule has 0 heterocycles. The van der Waals surface area contributed by atoms with Gasteiger partial charge in [0.2, 0.25) is 0 Å². The zero-order valence-corrected chi connectivity index (χ0v) is 12.0. The fourth-order valence-corrected chi connectivity index (χ4v) is 3.24. The van der Waals surface area contributed by atoms with Gasteiger partial charge in [0.05, 0.1) is 0 Å². The molecule has 0 saturated heterocycles. The van der Waals surface area contributed by atoms with Gasteiger partial charge in [-0.15, -0.1) is 0 Å². The molecule has 2 aromatic carbocycles. The fraction of sp³-hybridized carbons (Fsp3) is 0.368. The average Bonchev–Trinajstić information content (AvgIpc) is 3.24. The van der Waals surface area contributed by atoms with Gasteiger partial charge in [0.15, 0.2) is 0 Å². The summed E-state index contributed by atoms with van der Waals surface area (Å²) in [5.74, 6) is 1.89. The smallest absolute Gasteiger partial charge is 0.119 e. The van der Waals surface area contributed by atoms with Crippen molar-refractivity contribution >= 4 is 0 Å². The molecule has 2 aliphatic carbocycles. The van der Waals surface area contributed by atoms with Gasteiger partial charge in [0.25, 0.3) is 0 Å². The van der Waals surface area contributed by atoms with Crippen molar-refractivity contribution in [1.29, 1.82) is 0 Å². The minimum atomic E-state index is 0.416. The van der Waals surface area contributed by atoms with Crippen LogP contribution in [0.25, 0.3) is 11.1 Å². The first-order valence-electron chi connectivity index (χ1n) is 7.88. The van der Waals surface area contributed by atoms with Crippen LogP contribution < -0.4 is 0 Å². The molecule has 0 radical (unpaired) electrons. The summed E-state index contributed by atoms with van der Waals surface area (Å²) in [6, 6.07) is 11.8. The number of phenols is 2. The van der Waals surface area contributed by atoms with Gasteiger partial charge in [-0.25, -0.2) is 0 Å². The van der Waals surface area contributed by atoms with Crippen LogP contribution in [0.1, 0.15) is 55.1 Å². The highest BCUT2D eigenvalue weighted by Gasteiger charge is 2.27. The van der Waals surface area contributed by atoms with Gasteiger partial charge in [-0.3, -0.25) is 0 Å². The molecule has 2 fully saturated rings. The van der Waals surface area contributed by atoms with E-state index in [1.54, 1.807) is 6.07 Å². The van der Waals surface area contributed by atoms with Crippen molar-refractivity contribution in [2.75, 3.05) is 0 Å². The Kier molecular flexibility index (Phi) is 2.91. The largest absolute Gasteiger partial charge is 0.508 e. The maximum absolute atomic E-state index is 10.1. The third-order valence-corrected chi connectivity index (χ3v) is 4.95. The lowest BCUT2D eigenvalue weighted by molar-refractivity contribution is 0.393. The summed E-state index contributed by atoms with van der Waals surface area (Å²) < 4.78 is 0. The standard InChI is InChI=1S/C19H20O2/c20-18-8-6-14(10-16(18)12-2-1-3-12)15-7-9-19(21)17(11-15)13-4-5-13/h6-13,20-21H,1-5H2. The first-order valence-corrected chi connectivity index (χ1v) is 7.88.